The standard InChI is InChI=1S/C23H20F2N4O3S.C20H40O2.C6H13Cl.C2H4O/c1-12-4-19-16(5-13(12)11-33(3,31)32)17-10-28(2)23(30)21-20(17)14(7-26-21)9-29(19)22-18(25)6-15(24)8-27-22;1-5-6-7-8-9-10-11-12-13-14-15-16-17-18-19(21)22-20(2,3)4;1-3-6(2)4-5-7;1-2-3/h4-8,10,26H,9,11H2,1-3H3;5-18H2,1-4H3;6H,3-5H2,1-2H3;2H,1H3. The number of esters is 1. The summed E-state index contributed by atoms with van der Waals surface area (Å²) in [5.41, 5.74) is 3.81. The number of pyridine rings is 2. The van der Waals surface area contributed by atoms with E-state index in [2.05, 4.69) is 30.7 Å². The van der Waals surface area contributed by atoms with Crippen molar-refractivity contribution in [2.45, 2.75) is 176 Å². The number of anilines is 2. The third-order valence-electron chi connectivity index (χ3n) is 11.1. The van der Waals surface area contributed by atoms with E-state index in [4.69, 9.17) is 21.1 Å². The first-order valence-corrected chi connectivity index (χ1v) is 26.1. The molecule has 0 spiro atoms. The van der Waals surface area contributed by atoms with Crippen LogP contribution >= 0.6 is 11.6 Å². The average molecular weight is 948 g/mol. The minimum Gasteiger partial charge on any atom is -0.460 e. The molecule has 0 radical (unpaired) electrons. The van der Waals surface area contributed by atoms with Crippen LogP contribution in [0.3, 0.4) is 0 Å². The number of aryl methyl sites for hydroxylation is 2. The number of benzene rings is 1. The molecule has 0 aliphatic carbocycles. The fourth-order valence-corrected chi connectivity index (χ4v) is 8.75. The molecule has 1 aliphatic heterocycles. The van der Waals surface area contributed by atoms with Gasteiger partial charge in [0.15, 0.2) is 21.5 Å². The molecule has 14 heteroatoms. The lowest BCUT2D eigenvalue weighted by atomic mass is 9.97. The van der Waals surface area contributed by atoms with Crippen molar-refractivity contribution in [2.75, 3.05) is 17.0 Å². The number of H-pyrrole nitrogens is 1. The molecule has 1 atom stereocenters. The number of carbonyl (C=O) groups is 2. The molecule has 1 N–H and O–H groups in total. The van der Waals surface area contributed by atoms with Gasteiger partial charge in [0.2, 0.25) is 0 Å². The van der Waals surface area contributed by atoms with Crippen LogP contribution in [0.4, 0.5) is 20.3 Å². The van der Waals surface area contributed by atoms with Gasteiger partial charge in [-0.25, -0.2) is 22.2 Å². The van der Waals surface area contributed by atoms with E-state index in [1.54, 1.807) is 43.4 Å². The van der Waals surface area contributed by atoms with Crippen molar-refractivity contribution < 1.29 is 31.5 Å². The maximum absolute atomic E-state index is 14.9. The molecule has 0 saturated carbocycles. The van der Waals surface area contributed by atoms with Gasteiger partial charge in [-0.3, -0.25) is 9.59 Å². The first kappa shape index (κ1) is 57.0. The van der Waals surface area contributed by atoms with Crippen molar-refractivity contribution in [2.24, 2.45) is 13.0 Å². The van der Waals surface area contributed by atoms with Crippen molar-refractivity contribution in [3.05, 3.63) is 75.5 Å². The molecule has 3 aromatic heterocycles. The van der Waals surface area contributed by atoms with E-state index in [0.29, 0.717) is 45.3 Å². The largest absolute Gasteiger partial charge is 0.460 e. The Kier molecular flexibility index (Phi) is 25.3. The number of sulfone groups is 1. The number of nitrogens with one attached hydrogen (secondary N) is 1. The monoisotopic (exact) mass is 947 g/mol. The van der Waals surface area contributed by atoms with Gasteiger partial charge < -0.3 is 24.0 Å². The highest BCUT2D eigenvalue weighted by atomic mass is 35.5. The second kappa shape index (κ2) is 28.8. The van der Waals surface area contributed by atoms with E-state index in [1.807, 2.05) is 20.8 Å². The Morgan fingerprint density at radius 1 is 0.969 bits per heavy atom. The van der Waals surface area contributed by atoms with Crippen LogP contribution in [0.2, 0.25) is 0 Å². The number of hydrogen-bond donors (Lipinski definition) is 1. The van der Waals surface area contributed by atoms with Crippen molar-refractivity contribution >= 4 is 56.1 Å². The highest BCUT2D eigenvalue weighted by Gasteiger charge is 2.29. The van der Waals surface area contributed by atoms with E-state index in [0.717, 1.165) is 61.4 Å². The number of carbonyl (C=O) groups excluding carboxylic acids is 2. The molecule has 65 heavy (non-hydrogen) atoms. The van der Waals surface area contributed by atoms with Crippen LogP contribution in [0.25, 0.3) is 22.0 Å². The maximum atomic E-state index is 14.9. The zero-order valence-corrected chi connectivity index (χ0v) is 42.5. The zero-order chi connectivity index (χ0) is 48.7. The average Bonchev–Trinajstić information content (AvgIpc) is 3.59. The molecule has 4 aromatic rings. The number of aromatic amines is 1. The molecule has 10 nitrogen and oxygen atoms in total. The number of hydrogen-bond acceptors (Lipinski definition) is 8. The van der Waals surface area contributed by atoms with Crippen molar-refractivity contribution in [1.82, 2.24) is 14.5 Å². The van der Waals surface area contributed by atoms with Crippen LogP contribution < -0.4 is 10.5 Å². The van der Waals surface area contributed by atoms with Crippen LogP contribution in [0.1, 0.15) is 168 Å². The third kappa shape index (κ3) is 20.1. The number of fused-ring (bicyclic) bond motifs is 2. The van der Waals surface area contributed by atoms with Crippen molar-refractivity contribution in [1.29, 1.82) is 0 Å². The summed E-state index contributed by atoms with van der Waals surface area (Å²) in [5.74, 6) is -0.262. The Labute approximate surface area is 393 Å². The molecule has 364 valence electrons. The van der Waals surface area contributed by atoms with Gasteiger partial charge in [-0.1, -0.05) is 104 Å². The topological polar surface area (TPSA) is 131 Å². The highest BCUT2D eigenvalue weighted by Crippen LogP contribution is 2.44. The second-order valence-corrected chi connectivity index (χ2v) is 20.8. The van der Waals surface area contributed by atoms with Crippen molar-refractivity contribution in [3.8, 4) is 11.1 Å². The summed E-state index contributed by atoms with van der Waals surface area (Å²) >= 11 is 5.48. The third-order valence-corrected chi connectivity index (χ3v) is 12.2. The number of rotatable bonds is 20. The number of aromatic nitrogens is 3. The van der Waals surface area contributed by atoms with E-state index < -0.39 is 21.5 Å². The molecule has 1 aliphatic rings. The summed E-state index contributed by atoms with van der Waals surface area (Å²) in [7, 11) is -1.69. The van der Waals surface area contributed by atoms with Gasteiger partial charge in [0, 0.05) is 60.6 Å². The molecule has 1 unspecified atom stereocenters. The lowest BCUT2D eigenvalue weighted by Gasteiger charge is -2.26. The van der Waals surface area contributed by atoms with Gasteiger partial charge in [0.25, 0.3) is 5.56 Å². The Hall–Kier alpha value is -4.10. The first-order valence-electron chi connectivity index (χ1n) is 23.5. The van der Waals surface area contributed by atoms with Gasteiger partial charge in [0.05, 0.1) is 24.2 Å². The van der Waals surface area contributed by atoms with E-state index in [9.17, 15) is 26.8 Å². The quantitative estimate of drug-likeness (QED) is 0.0401. The van der Waals surface area contributed by atoms with E-state index >= 15 is 0 Å². The van der Waals surface area contributed by atoms with Crippen LogP contribution in [0, 0.1) is 24.5 Å². The zero-order valence-electron chi connectivity index (χ0n) is 40.9. The minimum absolute atomic E-state index is 0.0458. The normalized spacial score (nSPS) is 12.4. The molecule has 0 saturated heterocycles. The number of nitrogens with zero attached hydrogens (tertiary/aromatic N) is 3. The number of aldehydes is 1. The smallest absolute Gasteiger partial charge is 0.306 e. The van der Waals surface area contributed by atoms with Crippen LogP contribution in [0.5, 0.6) is 0 Å². The Morgan fingerprint density at radius 2 is 1.54 bits per heavy atom. The summed E-state index contributed by atoms with van der Waals surface area (Å²) in [4.78, 5) is 41.7. The van der Waals surface area contributed by atoms with Gasteiger partial charge in [-0.15, -0.1) is 11.6 Å². The predicted octanol–water partition coefficient (Wildman–Crippen LogP) is 13.4. The van der Waals surface area contributed by atoms with Gasteiger partial charge in [0.1, 0.15) is 23.2 Å². The molecule has 4 heterocycles. The lowest BCUT2D eigenvalue weighted by molar-refractivity contribution is -0.154. The Balaban J connectivity index is 0.000000392. The summed E-state index contributed by atoms with van der Waals surface area (Å²) < 4.78 is 59.3. The molecule has 0 bridgehead atoms. The molecule has 1 aromatic carbocycles. The fraction of sp³-hybridized carbons (Fsp3) is 0.608. The van der Waals surface area contributed by atoms with E-state index in [-0.39, 0.29) is 35.2 Å². The molecule has 0 fully saturated rings. The SMILES string of the molecule is CC=O.CCC(C)CCCl.CCCCCCCCCCCCCCCC(=O)OC(C)(C)C.Cc1cc2c(cc1CS(C)(=O)=O)-c1cn(C)c(=O)c3[nH]cc(c13)CN2c1ncc(F)cc1F. The van der Waals surface area contributed by atoms with Gasteiger partial charge in [-0.2, -0.15) is 0 Å². The van der Waals surface area contributed by atoms with Crippen molar-refractivity contribution in [3.63, 3.8) is 0 Å². The Bertz CT molecular complexity index is 2250. The summed E-state index contributed by atoms with van der Waals surface area (Å²) in [6.07, 6.45) is 26.6. The summed E-state index contributed by atoms with van der Waals surface area (Å²) in [6.45, 7) is 15.9. The molecular weight excluding hydrogens is 870 g/mol. The lowest BCUT2D eigenvalue weighted by Crippen LogP contribution is -2.23. The summed E-state index contributed by atoms with van der Waals surface area (Å²) in [6, 6.07) is 4.32. The number of unbranched alkanes of at least 4 members (excludes halogenated alkanes) is 12. The fourth-order valence-electron chi connectivity index (χ4n) is 7.50. The second-order valence-electron chi connectivity index (χ2n) is 18.2. The van der Waals surface area contributed by atoms with Crippen LogP contribution in [-0.4, -0.2) is 52.9 Å². The predicted molar refractivity (Wildman–Crippen MR) is 265 cm³/mol. The highest BCUT2D eigenvalue weighted by molar-refractivity contribution is 7.89. The maximum Gasteiger partial charge on any atom is 0.306 e. The Morgan fingerprint density at radius 3 is 2.03 bits per heavy atom. The van der Waals surface area contributed by atoms with Gasteiger partial charge in [-0.05, 0) is 82.2 Å². The molecular formula is C51H77ClF2N4O6S. The van der Waals surface area contributed by atoms with Crippen LogP contribution in [-0.2, 0) is 43.5 Å². The molecule has 5 rings (SSSR count). The number of alkyl halides is 1. The van der Waals surface area contributed by atoms with Gasteiger partial charge >= 0.3 is 5.97 Å². The summed E-state index contributed by atoms with van der Waals surface area (Å²) in [5, 5.41) is 0.679. The first-order chi connectivity index (χ1) is 30.7. The number of halogens is 3. The minimum atomic E-state index is -3.32. The number of ether oxygens (including phenoxy) is 1. The van der Waals surface area contributed by atoms with E-state index in [1.165, 1.54) is 88.5 Å². The van der Waals surface area contributed by atoms with Crippen LogP contribution in [0.15, 0.2) is 41.6 Å². The molecule has 0 amide bonds.